The molecule has 0 amide bonds. The number of thiophene rings is 1. The summed E-state index contributed by atoms with van der Waals surface area (Å²) in [5, 5.41) is 17.4. The normalized spacial score (nSPS) is 23.3. The molecule has 1 saturated heterocycles. The highest BCUT2D eigenvalue weighted by atomic mass is 32.1. The molecule has 7 heteroatoms. The average Bonchev–Trinajstić information content (AvgIpc) is 3.27. The fourth-order valence-corrected chi connectivity index (χ4v) is 6.03. The van der Waals surface area contributed by atoms with Crippen molar-refractivity contribution in [2.75, 3.05) is 13.1 Å². The lowest BCUT2D eigenvalue weighted by atomic mass is 9.90. The van der Waals surface area contributed by atoms with Crippen molar-refractivity contribution in [1.29, 1.82) is 0 Å². The summed E-state index contributed by atoms with van der Waals surface area (Å²) in [5.74, 6) is 2.36. The minimum absolute atomic E-state index is 0.0868. The first-order valence-electron chi connectivity index (χ1n) is 8.91. The quantitative estimate of drug-likeness (QED) is 0.742. The summed E-state index contributed by atoms with van der Waals surface area (Å²) in [6.45, 7) is 8.79. The van der Waals surface area contributed by atoms with Crippen molar-refractivity contribution >= 4 is 27.6 Å². The fourth-order valence-electron chi connectivity index (χ4n) is 3.96. The smallest absolute Gasteiger partial charge is 0.230 e. The summed E-state index contributed by atoms with van der Waals surface area (Å²) in [4.78, 5) is 10.1. The van der Waals surface area contributed by atoms with Gasteiger partial charge in [-0.15, -0.1) is 16.4 Å². The zero-order valence-electron chi connectivity index (χ0n) is 14.8. The number of aromatic nitrogens is 3. The molecule has 3 aromatic rings. The van der Waals surface area contributed by atoms with Crippen LogP contribution in [-0.2, 0) is 6.42 Å². The van der Waals surface area contributed by atoms with E-state index < -0.39 is 0 Å². The van der Waals surface area contributed by atoms with Gasteiger partial charge in [0.25, 0.3) is 0 Å². The first-order chi connectivity index (χ1) is 12.1. The van der Waals surface area contributed by atoms with Crippen LogP contribution in [0.2, 0.25) is 0 Å². The fraction of sp³-hybridized carbons (Fsp3) is 0.556. The standard InChI is InChI=1S/C18H24N4OS2/c1-4-14-19-18-22(20-14)17(23)16(25-18)15(13-6-5-7-24-13)21-9-11(2)8-12(3)10-21/h5-7,11-12,15,23H,4,8-10H2,1-3H3/t11-,12+,15-/m0/s1. The van der Waals surface area contributed by atoms with Gasteiger partial charge in [-0.05, 0) is 29.7 Å². The van der Waals surface area contributed by atoms with Crippen LogP contribution in [0.1, 0.15) is 48.8 Å². The van der Waals surface area contributed by atoms with Crippen LogP contribution in [0.3, 0.4) is 0 Å². The van der Waals surface area contributed by atoms with Crippen molar-refractivity contribution < 1.29 is 5.11 Å². The minimum atomic E-state index is 0.0868. The number of hydrogen-bond donors (Lipinski definition) is 1. The highest BCUT2D eigenvalue weighted by Gasteiger charge is 2.34. The monoisotopic (exact) mass is 376 g/mol. The van der Waals surface area contributed by atoms with Gasteiger partial charge in [-0.25, -0.2) is 4.98 Å². The summed E-state index contributed by atoms with van der Waals surface area (Å²) in [7, 11) is 0. The number of rotatable bonds is 4. The van der Waals surface area contributed by atoms with Crippen molar-refractivity contribution in [1.82, 2.24) is 19.5 Å². The molecule has 25 heavy (non-hydrogen) atoms. The second-order valence-corrected chi connectivity index (χ2v) is 9.17. The van der Waals surface area contributed by atoms with Crippen LogP contribution in [0.25, 0.3) is 4.96 Å². The first-order valence-corrected chi connectivity index (χ1v) is 10.6. The highest BCUT2D eigenvalue weighted by molar-refractivity contribution is 7.17. The Morgan fingerprint density at radius 3 is 2.68 bits per heavy atom. The van der Waals surface area contributed by atoms with E-state index in [0.29, 0.717) is 11.8 Å². The predicted molar refractivity (Wildman–Crippen MR) is 103 cm³/mol. The number of fused-ring (bicyclic) bond motifs is 1. The Kier molecular flexibility index (Phi) is 4.56. The summed E-state index contributed by atoms with van der Waals surface area (Å²) in [6.07, 6.45) is 2.05. The van der Waals surface area contributed by atoms with E-state index in [2.05, 4.69) is 46.3 Å². The second kappa shape index (κ2) is 6.70. The Balaban J connectivity index is 1.78. The maximum absolute atomic E-state index is 10.9. The first kappa shape index (κ1) is 17.0. The Morgan fingerprint density at radius 1 is 1.32 bits per heavy atom. The molecule has 1 aliphatic heterocycles. The molecule has 4 rings (SSSR count). The van der Waals surface area contributed by atoms with Gasteiger partial charge in [0.1, 0.15) is 0 Å². The summed E-state index contributed by atoms with van der Waals surface area (Å²) < 4.78 is 1.61. The molecule has 0 aromatic carbocycles. The van der Waals surface area contributed by atoms with Gasteiger partial charge in [-0.3, -0.25) is 4.90 Å². The zero-order chi connectivity index (χ0) is 17.6. The lowest BCUT2D eigenvalue weighted by molar-refractivity contribution is 0.113. The number of nitrogens with zero attached hydrogens (tertiary/aromatic N) is 4. The van der Waals surface area contributed by atoms with Gasteiger partial charge in [0, 0.05) is 24.4 Å². The predicted octanol–water partition coefficient (Wildman–Crippen LogP) is 4.19. The van der Waals surface area contributed by atoms with Crippen LogP contribution in [0.15, 0.2) is 17.5 Å². The molecule has 1 aliphatic rings. The van der Waals surface area contributed by atoms with Crippen LogP contribution in [-0.4, -0.2) is 37.7 Å². The van der Waals surface area contributed by atoms with E-state index in [9.17, 15) is 5.11 Å². The molecule has 1 fully saturated rings. The third kappa shape index (κ3) is 3.09. The topological polar surface area (TPSA) is 53.7 Å². The Labute approximate surface area is 155 Å². The van der Waals surface area contributed by atoms with Gasteiger partial charge < -0.3 is 5.11 Å². The molecule has 3 aromatic heterocycles. The van der Waals surface area contributed by atoms with Crippen LogP contribution in [0.4, 0.5) is 0 Å². The molecule has 3 atom stereocenters. The van der Waals surface area contributed by atoms with Crippen LogP contribution < -0.4 is 0 Å². The van der Waals surface area contributed by atoms with Gasteiger partial charge >= 0.3 is 0 Å². The van der Waals surface area contributed by atoms with E-state index in [1.807, 2.05) is 6.92 Å². The third-order valence-electron chi connectivity index (χ3n) is 4.88. The maximum Gasteiger partial charge on any atom is 0.230 e. The molecule has 0 bridgehead atoms. The van der Waals surface area contributed by atoms with E-state index in [0.717, 1.165) is 35.2 Å². The van der Waals surface area contributed by atoms with Gasteiger partial charge in [0.05, 0.1) is 10.9 Å². The lowest BCUT2D eigenvalue weighted by Gasteiger charge is -2.39. The Bertz CT molecular complexity index is 844. The number of aryl methyl sites for hydroxylation is 1. The molecule has 0 unspecified atom stereocenters. The number of hydrogen-bond acceptors (Lipinski definition) is 6. The minimum Gasteiger partial charge on any atom is -0.492 e. The van der Waals surface area contributed by atoms with Crippen LogP contribution in [0, 0.1) is 11.8 Å². The van der Waals surface area contributed by atoms with Crippen molar-refractivity contribution in [3.8, 4) is 5.88 Å². The van der Waals surface area contributed by atoms with Crippen molar-refractivity contribution in [3.05, 3.63) is 33.1 Å². The molecule has 4 heterocycles. The number of piperidine rings is 1. The molecule has 0 spiro atoms. The number of likely N-dealkylation sites (tertiary alicyclic amines) is 1. The molecule has 0 saturated carbocycles. The van der Waals surface area contributed by atoms with Gasteiger partial charge in [0.2, 0.25) is 10.8 Å². The number of aromatic hydroxyl groups is 1. The van der Waals surface area contributed by atoms with Gasteiger partial charge in [0.15, 0.2) is 5.82 Å². The lowest BCUT2D eigenvalue weighted by Crippen LogP contribution is -2.41. The highest BCUT2D eigenvalue weighted by Crippen LogP contribution is 2.43. The number of thiazole rings is 1. The van der Waals surface area contributed by atoms with Crippen molar-refractivity contribution in [2.45, 2.75) is 39.7 Å². The van der Waals surface area contributed by atoms with Gasteiger partial charge in [-0.2, -0.15) is 4.52 Å². The third-order valence-corrected chi connectivity index (χ3v) is 6.88. The van der Waals surface area contributed by atoms with Crippen molar-refractivity contribution in [2.24, 2.45) is 11.8 Å². The summed E-state index contributed by atoms with van der Waals surface area (Å²) in [6, 6.07) is 4.35. The van der Waals surface area contributed by atoms with Crippen LogP contribution >= 0.6 is 22.7 Å². The molecule has 0 radical (unpaired) electrons. The molecule has 134 valence electrons. The van der Waals surface area contributed by atoms with E-state index in [1.54, 1.807) is 27.2 Å². The van der Waals surface area contributed by atoms with Gasteiger partial charge in [-0.1, -0.05) is 38.2 Å². The second-order valence-electron chi connectivity index (χ2n) is 7.18. The molecular formula is C18H24N4OS2. The summed E-state index contributed by atoms with van der Waals surface area (Å²) in [5.41, 5.74) is 0. The van der Waals surface area contributed by atoms with E-state index in [4.69, 9.17) is 0 Å². The Hall–Kier alpha value is -1.44. The maximum atomic E-state index is 10.9. The molecule has 1 N–H and O–H groups in total. The molecular weight excluding hydrogens is 352 g/mol. The molecule has 0 aliphatic carbocycles. The Morgan fingerprint density at radius 2 is 2.08 bits per heavy atom. The van der Waals surface area contributed by atoms with Crippen LogP contribution in [0.5, 0.6) is 5.88 Å². The summed E-state index contributed by atoms with van der Waals surface area (Å²) >= 11 is 3.32. The zero-order valence-corrected chi connectivity index (χ0v) is 16.5. The van der Waals surface area contributed by atoms with E-state index in [1.165, 1.54) is 11.3 Å². The largest absolute Gasteiger partial charge is 0.492 e. The van der Waals surface area contributed by atoms with Crippen molar-refractivity contribution in [3.63, 3.8) is 0 Å². The van der Waals surface area contributed by atoms with E-state index >= 15 is 0 Å². The average molecular weight is 377 g/mol. The van der Waals surface area contributed by atoms with E-state index in [-0.39, 0.29) is 11.9 Å². The molecule has 5 nitrogen and oxygen atoms in total. The SMILES string of the molecule is CCc1nc2sc([C@H](c3cccs3)N3C[C@H](C)C[C@H](C)C3)c(O)n2n1.